The van der Waals surface area contributed by atoms with E-state index in [4.69, 9.17) is 20.1 Å². The number of carbonyl (C=O) groups excluding carboxylic acids is 3. The van der Waals surface area contributed by atoms with E-state index in [0.717, 1.165) is 27.8 Å². The van der Waals surface area contributed by atoms with Gasteiger partial charge in [-0.1, -0.05) is 23.9 Å². The lowest BCUT2D eigenvalue weighted by molar-refractivity contribution is -0.113. The number of anilines is 1. The van der Waals surface area contributed by atoms with Gasteiger partial charge in [-0.3, -0.25) is 4.79 Å². The van der Waals surface area contributed by atoms with Gasteiger partial charge in [0, 0.05) is 0 Å². The molecular weight excluding hydrogens is 489 g/mol. The molecular formula is C20H20FN5O6S2. The molecule has 0 aliphatic heterocycles. The van der Waals surface area contributed by atoms with Gasteiger partial charge in [0.15, 0.2) is 17.4 Å². The second kappa shape index (κ2) is 11.0. The molecule has 11 nitrogen and oxygen atoms in total. The SMILES string of the molecule is COC(=O)c1sc(NC(=O)CSc2nnc(COc3ccccc3F)n2N)c(C(=O)OC)c1C. The number of hydrogen-bond donors (Lipinski definition) is 2. The van der Waals surface area contributed by atoms with Crippen molar-refractivity contribution in [2.45, 2.75) is 18.7 Å². The number of para-hydroxylation sites is 1. The molecule has 0 saturated heterocycles. The molecule has 0 atom stereocenters. The predicted octanol–water partition coefficient (Wildman–Crippen LogP) is 2.38. The molecule has 1 aromatic carbocycles. The lowest BCUT2D eigenvalue weighted by Gasteiger charge is -2.07. The lowest BCUT2D eigenvalue weighted by atomic mass is 10.1. The molecule has 3 N–H and O–H groups in total. The Morgan fingerprint density at radius 2 is 1.88 bits per heavy atom. The summed E-state index contributed by atoms with van der Waals surface area (Å²) in [5.74, 6) is 3.73. The molecule has 0 aliphatic rings. The van der Waals surface area contributed by atoms with Crippen LogP contribution in [-0.4, -0.2) is 52.7 Å². The zero-order chi connectivity index (χ0) is 24.8. The van der Waals surface area contributed by atoms with Gasteiger partial charge in [0.25, 0.3) is 0 Å². The van der Waals surface area contributed by atoms with E-state index in [0.29, 0.717) is 5.56 Å². The second-order valence-corrected chi connectivity index (χ2v) is 8.53. The van der Waals surface area contributed by atoms with Crippen LogP contribution in [0.25, 0.3) is 0 Å². The summed E-state index contributed by atoms with van der Waals surface area (Å²) in [6.07, 6.45) is 0. The Bertz CT molecular complexity index is 1230. The number of benzene rings is 1. The van der Waals surface area contributed by atoms with E-state index in [-0.39, 0.29) is 44.5 Å². The maximum absolute atomic E-state index is 13.7. The first kappa shape index (κ1) is 25.0. The fourth-order valence-corrected chi connectivity index (χ4v) is 4.54. The number of rotatable bonds is 9. The first-order valence-corrected chi connectivity index (χ1v) is 11.4. The minimum Gasteiger partial charge on any atom is -0.482 e. The van der Waals surface area contributed by atoms with Gasteiger partial charge in [-0.05, 0) is 24.6 Å². The van der Waals surface area contributed by atoms with E-state index >= 15 is 0 Å². The topological polar surface area (TPSA) is 148 Å². The summed E-state index contributed by atoms with van der Waals surface area (Å²) in [4.78, 5) is 36.8. The number of hydrogen-bond acceptors (Lipinski definition) is 11. The van der Waals surface area contributed by atoms with Crippen molar-refractivity contribution >= 4 is 45.9 Å². The van der Waals surface area contributed by atoms with Crippen molar-refractivity contribution in [3.8, 4) is 5.75 Å². The Hall–Kier alpha value is -3.65. The van der Waals surface area contributed by atoms with Gasteiger partial charge < -0.3 is 25.4 Å². The Morgan fingerprint density at radius 1 is 1.18 bits per heavy atom. The molecule has 1 amide bonds. The molecule has 0 radical (unpaired) electrons. The third-order valence-electron chi connectivity index (χ3n) is 4.42. The molecule has 3 aromatic rings. The second-order valence-electron chi connectivity index (χ2n) is 6.57. The highest BCUT2D eigenvalue weighted by Gasteiger charge is 2.27. The minimum absolute atomic E-state index is 0.0399. The number of esters is 2. The first-order valence-electron chi connectivity index (χ1n) is 9.56. The van der Waals surface area contributed by atoms with Crippen LogP contribution in [0.5, 0.6) is 5.75 Å². The van der Waals surface area contributed by atoms with Crippen molar-refractivity contribution in [3.63, 3.8) is 0 Å². The van der Waals surface area contributed by atoms with Crippen molar-refractivity contribution in [2.75, 3.05) is 31.1 Å². The van der Waals surface area contributed by atoms with Crippen molar-refractivity contribution < 1.29 is 33.0 Å². The molecule has 34 heavy (non-hydrogen) atoms. The molecule has 0 fully saturated rings. The Kier molecular flexibility index (Phi) is 8.07. The summed E-state index contributed by atoms with van der Waals surface area (Å²) in [7, 11) is 2.41. The zero-order valence-electron chi connectivity index (χ0n) is 18.3. The summed E-state index contributed by atoms with van der Waals surface area (Å²) in [6, 6.07) is 5.89. The van der Waals surface area contributed by atoms with Crippen LogP contribution in [0.15, 0.2) is 29.4 Å². The fourth-order valence-electron chi connectivity index (χ4n) is 2.74. The average molecular weight is 510 g/mol. The molecule has 0 bridgehead atoms. The predicted molar refractivity (Wildman–Crippen MR) is 122 cm³/mol. The molecule has 0 unspecified atom stereocenters. The number of carbonyl (C=O) groups is 3. The van der Waals surface area contributed by atoms with Crippen molar-refractivity contribution in [1.29, 1.82) is 0 Å². The summed E-state index contributed by atoms with van der Waals surface area (Å²) >= 11 is 1.89. The van der Waals surface area contributed by atoms with E-state index < -0.39 is 23.7 Å². The summed E-state index contributed by atoms with van der Waals surface area (Å²) < 4.78 is 29.6. The monoisotopic (exact) mass is 509 g/mol. The number of aromatic nitrogens is 3. The third kappa shape index (κ3) is 5.46. The van der Waals surface area contributed by atoms with E-state index in [2.05, 4.69) is 15.5 Å². The molecule has 2 heterocycles. The van der Waals surface area contributed by atoms with Crippen LogP contribution in [0.2, 0.25) is 0 Å². The molecule has 0 saturated carbocycles. The molecule has 0 aliphatic carbocycles. The normalized spacial score (nSPS) is 10.6. The van der Waals surface area contributed by atoms with Gasteiger partial charge >= 0.3 is 11.9 Å². The number of thioether (sulfide) groups is 1. The van der Waals surface area contributed by atoms with Crippen molar-refractivity contribution in [3.05, 3.63) is 51.9 Å². The quantitative estimate of drug-likeness (QED) is 0.250. The largest absolute Gasteiger partial charge is 0.482 e. The molecule has 2 aromatic heterocycles. The van der Waals surface area contributed by atoms with E-state index in [9.17, 15) is 18.8 Å². The number of ether oxygens (including phenoxy) is 3. The molecule has 180 valence electrons. The Morgan fingerprint density at radius 3 is 2.56 bits per heavy atom. The van der Waals surface area contributed by atoms with Crippen LogP contribution in [0.1, 0.15) is 31.4 Å². The van der Waals surface area contributed by atoms with Crippen LogP contribution in [0.4, 0.5) is 9.39 Å². The summed E-state index contributed by atoms with van der Waals surface area (Å²) in [5.41, 5.74) is 0.411. The van der Waals surface area contributed by atoms with Crippen molar-refractivity contribution in [2.24, 2.45) is 0 Å². The summed E-state index contributed by atoms with van der Waals surface area (Å²) in [6.45, 7) is 1.42. The highest BCUT2D eigenvalue weighted by molar-refractivity contribution is 7.99. The van der Waals surface area contributed by atoms with E-state index in [1.807, 2.05) is 0 Å². The van der Waals surface area contributed by atoms with E-state index in [1.54, 1.807) is 13.0 Å². The molecule has 0 spiro atoms. The van der Waals surface area contributed by atoms with Gasteiger partial charge in [0.2, 0.25) is 11.1 Å². The number of halogens is 1. The van der Waals surface area contributed by atoms with Crippen molar-refractivity contribution in [1.82, 2.24) is 14.9 Å². The number of nitrogens with one attached hydrogen (secondary N) is 1. The fraction of sp³-hybridized carbons (Fsp3) is 0.250. The minimum atomic E-state index is -0.701. The van der Waals surface area contributed by atoms with Gasteiger partial charge in [0.05, 0.1) is 25.5 Å². The first-order chi connectivity index (χ1) is 16.3. The zero-order valence-corrected chi connectivity index (χ0v) is 19.9. The van der Waals surface area contributed by atoms with Gasteiger partial charge in [-0.2, -0.15) is 0 Å². The molecule has 3 rings (SSSR count). The number of nitrogens with zero attached hydrogens (tertiary/aromatic N) is 3. The number of methoxy groups -OCH3 is 2. The smallest absolute Gasteiger partial charge is 0.348 e. The van der Waals surface area contributed by atoms with Gasteiger partial charge in [0.1, 0.15) is 16.5 Å². The highest BCUT2D eigenvalue weighted by Crippen LogP contribution is 2.34. The standard InChI is InChI=1S/C20H20FN5O6S2/c1-10-15(18(28)30-2)17(34-16(10)19(29)31-3)23-14(27)9-33-20-25-24-13(26(20)22)8-32-12-7-5-4-6-11(12)21/h4-7H,8-9,22H2,1-3H3,(H,23,27). The van der Waals surface area contributed by atoms with Crippen LogP contribution in [0, 0.1) is 12.7 Å². The van der Waals surface area contributed by atoms with Crippen LogP contribution in [-0.2, 0) is 20.9 Å². The number of amides is 1. The number of thiophene rings is 1. The number of nitrogen functional groups attached to an aromatic ring is 1. The van der Waals surface area contributed by atoms with Crippen LogP contribution in [0.3, 0.4) is 0 Å². The Labute approximate surface area is 201 Å². The molecule has 14 heteroatoms. The number of nitrogens with two attached hydrogens (primary N) is 1. The maximum atomic E-state index is 13.7. The third-order valence-corrected chi connectivity index (χ3v) is 6.55. The lowest BCUT2D eigenvalue weighted by Crippen LogP contribution is -2.18. The van der Waals surface area contributed by atoms with Gasteiger partial charge in [-0.25, -0.2) is 18.7 Å². The van der Waals surface area contributed by atoms with Crippen LogP contribution >= 0.6 is 23.1 Å². The van der Waals surface area contributed by atoms with Gasteiger partial charge in [-0.15, -0.1) is 21.5 Å². The van der Waals surface area contributed by atoms with Crippen LogP contribution < -0.4 is 15.9 Å². The Balaban J connectivity index is 1.65. The highest BCUT2D eigenvalue weighted by atomic mass is 32.2. The average Bonchev–Trinajstić information content (AvgIpc) is 3.34. The maximum Gasteiger partial charge on any atom is 0.348 e. The van der Waals surface area contributed by atoms with E-state index in [1.165, 1.54) is 32.4 Å². The summed E-state index contributed by atoms with van der Waals surface area (Å²) in [5, 5.41) is 10.8.